The molecule has 174 valence electrons. The van der Waals surface area contributed by atoms with Crippen LogP contribution < -0.4 is 18.9 Å². The molecular weight excluding hydrogens is 424 g/mol. The summed E-state index contributed by atoms with van der Waals surface area (Å²) in [5, 5.41) is 0. The Morgan fingerprint density at radius 1 is 1.06 bits per heavy atom. The molecule has 4 rings (SSSR count). The molecule has 0 radical (unpaired) electrons. The molecule has 2 aromatic rings. The first-order chi connectivity index (χ1) is 16.0. The number of hydrogen-bond acceptors (Lipinski definition) is 6. The molecule has 0 N–H and O–H groups in total. The number of ether oxygens (including phenoxy) is 4. The second-order valence-corrected chi connectivity index (χ2v) is 7.85. The van der Waals surface area contributed by atoms with Crippen molar-refractivity contribution < 1.29 is 28.5 Å². The van der Waals surface area contributed by atoms with E-state index in [0.29, 0.717) is 61.2 Å². The average molecular weight is 453 g/mol. The second kappa shape index (κ2) is 9.85. The van der Waals surface area contributed by atoms with Crippen LogP contribution in [0.3, 0.4) is 0 Å². The molecule has 2 aliphatic rings. The van der Waals surface area contributed by atoms with E-state index in [1.807, 2.05) is 24.3 Å². The highest BCUT2D eigenvalue weighted by Gasteiger charge is 2.33. The van der Waals surface area contributed by atoms with Crippen LogP contribution in [0.1, 0.15) is 15.9 Å². The summed E-state index contributed by atoms with van der Waals surface area (Å²) >= 11 is 0. The molecule has 0 spiro atoms. The van der Waals surface area contributed by atoms with Crippen molar-refractivity contribution in [3.63, 3.8) is 0 Å². The van der Waals surface area contributed by atoms with E-state index in [0.717, 1.165) is 5.56 Å². The van der Waals surface area contributed by atoms with E-state index >= 15 is 0 Å². The van der Waals surface area contributed by atoms with E-state index < -0.39 is 6.10 Å². The van der Waals surface area contributed by atoms with Crippen LogP contribution in [0, 0.1) is 0 Å². The van der Waals surface area contributed by atoms with E-state index in [4.69, 9.17) is 18.9 Å². The summed E-state index contributed by atoms with van der Waals surface area (Å²) in [6.45, 7) is 5.67. The summed E-state index contributed by atoms with van der Waals surface area (Å²) in [7, 11) is 3.12. The van der Waals surface area contributed by atoms with Crippen molar-refractivity contribution in [3.8, 4) is 23.0 Å². The van der Waals surface area contributed by atoms with Gasteiger partial charge in [0.1, 0.15) is 6.61 Å². The summed E-state index contributed by atoms with van der Waals surface area (Å²) in [5.41, 5.74) is 1.35. The fourth-order valence-corrected chi connectivity index (χ4v) is 4.13. The first kappa shape index (κ1) is 22.5. The van der Waals surface area contributed by atoms with Crippen molar-refractivity contribution in [2.24, 2.45) is 0 Å². The molecule has 2 aromatic carbocycles. The first-order valence-electron chi connectivity index (χ1n) is 10.9. The largest absolute Gasteiger partial charge is 0.493 e. The van der Waals surface area contributed by atoms with Crippen LogP contribution >= 0.6 is 0 Å². The molecule has 0 bridgehead atoms. The number of methoxy groups -OCH3 is 2. The number of carbonyl (C=O) groups excluding carboxylic acids is 2. The topological polar surface area (TPSA) is 77.5 Å². The van der Waals surface area contributed by atoms with Gasteiger partial charge in [-0.15, -0.1) is 6.58 Å². The molecule has 2 heterocycles. The Balaban J connectivity index is 1.41. The van der Waals surface area contributed by atoms with Gasteiger partial charge in [0.15, 0.2) is 23.0 Å². The van der Waals surface area contributed by atoms with Crippen LogP contribution in [-0.4, -0.2) is 74.7 Å². The number of allylic oxidation sites excluding steroid dienone is 1. The maximum absolute atomic E-state index is 13.2. The molecular formula is C25H28N2O6. The Labute approximate surface area is 193 Å². The number of carbonyl (C=O) groups is 2. The van der Waals surface area contributed by atoms with Crippen molar-refractivity contribution >= 4 is 11.8 Å². The smallest absolute Gasteiger partial charge is 0.267 e. The number of piperazine rings is 1. The number of hydrogen-bond donors (Lipinski definition) is 0. The lowest BCUT2D eigenvalue weighted by molar-refractivity contribution is -0.142. The number of benzene rings is 2. The highest BCUT2D eigenvalue weighted by atomic mass is 16.6. The predicted octanol–water partition coefficient (Wildman–Crippen LogP) is 2.56. The monoisotopic (exact) mass is 452 g/mol. The van der Waals surface area contributed by atoms with Crippen molar-refractivity contribution in [3.05, 3.63) is 60.2 Å². The van der Waals surface area contributed by atoms with E-state index in [1.165, 1.54) is 0 Å². The molecule has 8 nitrogen and oxygen atoms in total. The van der Waals surface area contributed by atoms with Gasteiger partial charge in [-0.3, -0.25) is 9.59 Å². The molecule has 0 aromatic heterocycles. The van der Waals surface area contributed by atoms with Gasteiger partial charge in [0.2, 0.25) is 6.10 Å². The fourth-order valence-electron chi connectivity index (χ4n) is 4.13. The van der Waals surface area contributed by atoms with Crippen LogP contribution in [0.15, 0.2) is 49.1 Å². The normalized spacial score (nSPS) is 17.3. The Morgan fingerprint density at radius 2 is 1.76 bits per heavy atom. The fraction of sp³-hybridized carbons (Fsp3) is 0.360. The zero-order valence-electron chi connectivity index (χ0n) is 18.9. The molecule has 1 fully saturated rings. The van der Waals surface area contributed by atoms with Gasteiger partial charge in [0, 0.05) is 37.3 Å². The second-order valence-electron chi connectivity index (χ2n) is 7.85. The quantitative estimate of drug-likeness (QED) is 0.627. The van der Waals surface area contributed by atoms with Crippen molar-refractivity contribution in [1.29, 1.82) is 0 Å². The number of amides is 2. The lowest BCUT2D eigenvalue weighted by atomic mass is 10.0. The van der Waals surface area contributed by atoms with Gasteiger partial charge in [-0.1, -0.05) is 18.2 Å². The maximum Gasteiger partial charge on any atom is 0.267 e. The molecule has 2 aliphatic heterocycles. The summed E-state index contributed by atoms with van der Waals surface area (Å²) < 4.78 is 22.4. The summed E-state index contributed by atoms with van der Waals surface area (Å²) in [6, 6.07) is 10.8. The zero-order chi connectivity index (χ0) is 23.4. The summed E-state index contributed by atoms with van der Waals surface area (Å²) in [4.78, 5) is 29.6. The Morgan fingerprint density at radius 3 is 2.42 bits per heavy atom. The van der Waals surface area contributed by atoms with Gasteiger partial charge in [0.25, 0.3) is 11.8 Å². The SMILES string of the molecule is C=CCc1cc(C(=O)N2CCN(C(=O)C3COc4ccccc4O3)CC2)cc(OC)c1OC. The van der Waals surface area contributed by atoms with Gasteiger partial charge in [-0.05, 0) is 30.7 Å². The van der Waals surface area contributed by atoms with E-state index in [-0.39, 0.29) is 18.4 Å². The third-order valence-electron chi connectivity index (χ3n) is 5.83. The zero-order valence-corrected chi connectivity index (χ0v) is 18.9. The Kier molecular flexibility index (Phi) is 6.72. The van der Waals surface area contributed by atoms with Crippen LogP contribution in [0.2, 0.25) is 0 Å². The third kappa shape index (κ3) is 4.60. The predicted molar refractivity (Wildman–Crippen MR) is 122 cm³/mol. The molecule has 0 aliphatic carbocycles. The van der Waals surface area contributed by atoms with Crippen LogP contribution in [0.5, 0.6) is 23.0 Å². The van der Waals surface area contributed by atoms with E-state index in [2.05, 4.69) is 6.58 Å². The molecule has 2 amide bonds. The third-order valence-corrected chi connectivity index (χ3v) is 5.83. The van der Waals surface area contributed by atoms with Gasteiger partial charge in [-0.25, -0.2) is 0 Å². The number of nitrogens with zero attached hydrogens (tertiary/aromatic N) is 2. The molecule has 33 heavy (non-hydrogen) atoms. The van der Waals surface area contributed by atoms with Gasteiger partial charge in [0.05, 0.1) is 14.2 Å². The first-order valence-corrected chi connectivity index (χ1v) is 10.9. The standard InChI is InChI=1S/C25H28N2O6/c1-4-7-17-14-18(15-21(30-2)23(17)31-3)24(28)26-10-12-27(13-11-26)25(29)22-16-32-19-8-5-6-9-20(19)33-22/h4-6,8-9,14-15,22H,1,7,10-13,16H2,2-3H3. The lowest BCUT2D eigenvalue weighted by Gasteiger charge is -2.37. The Bertz CT molecular complexity index is 1050. The number of rotatable bonds is 6. The minimum atomic E-state index is -0.686. The Hall–Kier alpha value is -3.68. The van der Waals surface area contributed by atoms with E-state index in [9.17, 15) is 9.59 Å². The average Bonchev–Trinajstić information content (AvgIpc) is 2.87. The van der Waals surface area contributed by atoms with Crippen molar-refractivity contribution in [2.75, 3.05) is 47.0 Å². The summed E-state index contributed by atoms with van der Waals surface area (Å²) in [6.07, 6.45) is 1.62. The van der Waals surface area contributed by atoms with Gasteiger partial charge < -0.3 is 28.7 Å². The van der Waals surface area contributed by atoms with E-state index in [1.54, 1.807) is 42.2 Å². The number of para-hydroxylation sites is 2. The summed E-state index contributed by atoms with van der Waals surface area (Å²) in [5.74, 6) is 2.07. The molecule has 1 unspecified atom stereocenters. The van der Waals surface area contributed by atoms with Gasteiger partial charge >= 0.3 is 0 Å². The molecule has 1 atom stereocenters. The van der Waals surface area contributed by atoms with Crippen LogP contribution in [0.4, 0.5) is 0 Å². The highest BCUT2D eigenvalue weighted by molar-refractivity contribution is 5.95. The lowest BCUT2D eigenvalue weighted by Crippen LogP contribution is -2.55. The van der Waals surface area contributed by atoms with Crippen LogP contribution in [-0.2, 0) is 11.2 Å². The number of fused-ring (bicyclic) bond motifs is 1. The minimum absolute atomic E-state index is 0.112. The van der Waals surface area contributed by atoms with Gasteiger partial charge in [-0.2, -0.15) is 0 Å². The highest BCUT2D eigenvalue weighted by Crippen LogP contribution is 2.34. The maximum atomic E-state index is 13.2. The molecule has 0 saturated carbocycles. The molecule has 1 saturated heterocycles. The minimum Gasteiger partial charge on any atom is -0.493 e. The van der Waals surface area contributed by atoms with Crippen molar-refractivity contribution in [1.82, 2.24) is 9.80 Å². The van der Waals surface area contributed by atoms with Crippen molar-refractivity contribution in [2.45, 2.75) is 12.5 Å². The molecule has 8 heteroatoms. The van der Waals surface area contributed by atoms with Crippen LogP contribution in [0.25, 0.3) is 0 Å².